The van der Waals surface area contributed by atoms with Crippen molar-refractivity contribution in [2.24, 2.45) is 0 Å². The van der Waals surface area contributed by atoms with Gasteiger partial charge in [-0.1, -0.05) is 97.4 Å². The first-order valence-electron chi connectivity index (χ1n) is 13.0. The summed E-state index contributed by atoms with van der Waals surface area (Å²) in [6.45, 7) is 9.56. The van der Waals surface area contributed by atoms with Crippen molar-refractivity contribution in [1.82, 2.24) is 9.88 Å². The number of benzene rings is 4. The molecule has 0 spiro atoms. The van der Waals surface area contributed by atoms with Gasteiger partial charge in [0.05, 0.1) is 6.04 Å². The van der Waals surface area contributed by atoms with E-state index in [1.165, 1.54) is 22.3 Å². The van der Waals surface area contributed by atoms with E-state index in [0.29, 0.717) is 5.56 Å². The average Bonchev–Trinajstić information content (AvgIpc) is 3.31. The Labute approximate surface area is 233 Å². The van der Waals surface area contributed by atoms with E-state index in [-0.39, 0.29) is 17.4 Å². The summed E-state index contributed by atoms with van der Waals surface area (Å²) in [5.74, 6) is -0.0683. The van der Waals surface area contributed by atoms with Gasteiger partial charge in [0, 0.05) is 33.7 Å². The summed E-state index contributed by atoms with van der Waals surface area (Å²) in [5.41, 5.74) is 8.07. The smallest absolute Gasteiger partial charge is 0.251 e. The molecular weight excluding hydrogens is 532 g/mol. The Kier molecular flexibility index (Phi) is 7.27. The van der Waals surface area contributed by atoms with Crippen LogP contribution in [-0.4, -0.2) is 10.5 Å². The lowest BCUT2D eigenvalue weighted by molar-refractivity contribution is 0.0940. The van der Waals surface area contributed by atoms with Crippen LogP contribution in [0, 0.1) is 0 Å². The van der Waals surface area contributed by atoms with Crippen molar-refractivity contribution in [3.63, 3.8) is 0 Å². The molecule has 192 valence electrons. The van der Waals surface area contributed by atoms with Crippen LogP contribution in [0.4, 0.5) is 0 Å². The quantitative estimate of drug-likeness (QED) is 0.219. The lowest BCUT2D eigenvalue weighted by Gasteiger charge is -2.23. The summed E-state index contributed by atoms with van der Waals surface area (Å²) in [7, 11) is 0. The molecule has 0 radical (unpaired) electrons. The number of nitrogens with one attached hydrogen (secondary N) is 1. The molecule has 0 aliphatic rings. The number of carbonyl (C=O) groups is 1. The molecule has 0 aliphatic heterocycles. The van der Waals surface area contributed by atoms with Gasteiger partial charge in [0.15, 0.2) is 0 Å². The second-order valence-corrected chi connectivity index (χ2v) is 11.9. The van der Waals surface area contributed by atoms with Crippen LogP contribution in [0.15, 0.2) is 108 Å². The first-order valence-corrected chi connectivity index (χ1v) is 13.8. The number of hydrogen-bond donors (Lipinski definition) is 1. The number of amides is 1. The van der Waals surface area contributed by atoms with Crippen LogP contribution >= 0.6 is 15.9 Å². The minimum absolute atomic E-state index is 0.0683. The third-order valence-electron chi connectivity index (χ3n) is 7.10. The van der Waals surface area contributed by atoms with E-state index in [2.05, 4.69) is 107 Å². The van der Waals surface area contributed by atoms with E-state index >= 15 is 0 Å². The molecule has 0 aliphatic carbocycles. The minimum Gasteiger partial charge on any atom is -0.346 e. The predicted octanol–water partition coefficient (Wildman–Crippen LogP) is 8.91. The fraction of sp³-hybridized carbons (Fsp3) is 0.206. The average molecular weight is 566 g/mol. The van der Waals surface area contributed by atoms with Crippen LogP contribution in [0.5, 0.6) is 0 Å². The van der Waals surface area contributed by atoms with Crippen molar-refractivity contribution in [3.8, 4) is 11.1 Å². The normalized spacial score (nSPS) is 12.4. The van der Waals surface area contributed by atoms with Gasteiger partial charge in [0.25, 0.3) is 5.91 Å². The van der Waals surface area contributed by atoms with Gasteiger partial charge in [0.2, 0.25) is 0 Å². The van der Waals surface area contributed by atoms with E-state index in [0.717, 1.165) is 27.5 Å². The molecule has 3 nitrogen and oxygen atoms in total. The Morgan fingerprint density at radius 3 is 2.32 bits per heavy atom. The van der Waals surface area contributed by atoms with Gasteiger partial charge in [-0.25, -0.2) is 0 Å². The molecule has 4 aromatic carbocycles. The van der Waals surface area contributed by atoms with Crippen molar-refractivity contribution in [3.05, 3.63) is 130 Å². The van der Waals surface area contributed by atoms with Crippen LogP contribution < -0.4 is 5.32 Å². The first-order chi connectivity index (χ1) is 18.2. The van der Waals surface area contributed by atoms with Crippen molar-refractivity contribution in [2.45, 2.75) is 45.7 Å². The highest BCUT2D eigenvalue weighted by Crippen LogP contribution is 2.33. The zero-order chi connectivity index (χ0) is 26.9. The molecule has 1 atom stereocenters. The van der Waals surface area contributed by atoms with Crippen molar-refractivity contribution < 1.29 is 4.79 Å². The van der Waals surface area contributed by atoms with Crippen molar-refractivity contribution in [1.29, 1.82) is 0 Å². The maximum atomic E-state index is 12.9. The topological polar surface area (TPSA) is 34.0 Å². The van der Waals surface area contributed by atoms with E-state index < -0.39 is 0 Å². The molecule has 38 heavy (non-hydrogen) atoms. The SMILES string of the molecule is C[C@H](NC(=O)c1ccc2c(ccn2Cc2ccc(-c3ccccc3C(C)(C)C)cc2)c1)c1ccc(Br)cc1. The van der Waals surface area contributed by atoms with Gasteiger partial charge in [0.1, 0.15) is 0 Å². The van der Waals surface area contributed by atoms with E-state index in [9.17, 15) is 4.79 Å². The number of fused-ring (bicyclic) bond motifs is 1. The fourth-order valence-electron chi connectivity index (χ4n) is 4.97. The summed E-state index contributed by atoms with van der Waals surface area (Å²) in [5, 5.41) is 4.17. The van der Waals surface area contributed by atoms with Crippen molar-refractivity contribution in [2.75, 3.05) is 0 Å². The number of nitrogens with zero attached hydrogens (tertiary/aromatic N) is 1. The molecule has 0 bridgehead atoms. The molecule has 4 heteroatoms. The number of aromatic nitrogens is 1. The van der Waals surface area contributed by atoms with Gasteiger partial charge < -0.3 is 9.88 Å². The Morgan fingerprint density at radius 1 is 0.895 bits per heavy atom. The number of halogens is 1. The van der Waals surface area contributed by atoms with Crippen LogP contribution in [-0.2, 0) is 12.0 Å². The fourth-order valence-corrected chi connectivity index (χ4v) is 5.23. The Hall–Kier alpha value is -3.63. The third kappa shape index (κ3) is 5.61. The second-order valence-electron chi connectivity index (χ2n) is 11.0. The van der Waals surface area contributed by atoms with Crippen LogP contribution in [0.2, 0.25) is 0 Å². The van der Waals surface area contributed by atoms with Crippen molar-refractivity contribution >= 4 is 32.7 Å². The number of rotatable bonds is 6. The number of hydrogen-bond acceptors (Lipinski definition) is 1. The van der Waals surface area contributed by atoms with Gasteiger partial charge in [-0.05, 0) is 76.6 Å². The van der Waals surface area contributed by atoms with E-state index in [4.69, 9.17) is 0 Å². The molecule has 5 rings (SSSR count). The molecule has 1 N–H and O–H groups in total. The first kappa shape index (κ1) is 26.0. The monoisotopic (exact) mass is 564 g/mol. The van der Waals surface area contributed by atoms with Gasteiger partial charge in [-0.2, -0.15) is 0 Å². The highest BCUT2D eigenvalue weighted by Gasteiger charge is 2.18. The zero-order valence-electron chi connectivity index (χ0n) is 22.3. The molecule has 0 saturated carbocycles. The Morgan fingerprint density at radius 2 is 1.61 bits per heavy atom. The summed E-state index contributed by atoms with van der Waals surface area (Å²) in [4.78, 5) is 12.9. The zero-order valence-corrected chi connectivity index (χ0v) is 23.9. The summed E-state index contributed by atoms with van der Waals surface area (Å²) >= 11 is 3.46. The summed E-state index contributed by atoms with van der Waals surface area (Å²) in [6.07, 6.45) is 2.10. The van der Waals surface area contributed by atoms with Gasteiger partial charge in [-0.15, -0.1) is 0 Å². The number of carbonyl (C=O) groups excluding carboxylic acids is 1. The highest BCUT2D eigenvalue weighted by molar-refractivity contribution is 9.10. The summed E-state index contributed by atoms with van der Waals surface area (Å²) in [6, 6.07) is 33.5. The minimum atomic E-state index is -0.0748. The molecule has 5 aromatic rings. The third-order valence-corrected chi connectivity index (χ3v) is 7.63. The Balaban J connectivity index is 1.31. The molecule has 0 saturated heterocycles. The van der Waals surface area contributed by atoms with Crippen LogP contribution in [0.1, 0.15) is 60.8 Å². The molecule has 1 aromatic heterocycles. The molecule has 0 fully saturated rings. The van der Waals surface area contributed by atoms with Gasteiger partial charge in [-0.3, -0.25) is 4.79 Å². The maximum Gasteiger partial charge on any atom is 0.251 e. The molecule has 1 amide bonds. The van der Waals surface area contributed by atoms with Gasteiger partial charge >= 0.3 is 0 Å². The molecule has 0 unspecified atom stereocenters. The van der Waals surface area contributed by atoms with E-state index in [1.807, 2.05) is 49.4 Å². The largest absolute Gasteiger partial charge is 0.346 e. The summed E-state index contributed by atoms with van der Waals surface area (Å²) < 4.78 is 3.26. The molecule has 1 heterocycles. The lowest BCUT2D eigenvalue weighted by Crippen LogP contribution is -2.26. The predicted molar refractivity (Wildman–Crippen MR) is 162 cm³/mol. The second kappa shape index (κ2) is 10.6. The van der Waals surface area contributed by atoms with Crippen LogP contribution in [0.25, 0.3) is 22.0 Å². The lowest BCUT2D eigenvalue weighted by atomic mass is 9.82. The van der Waals surface area contributed by atoms with E-state index in [1.54, 1.807) is 0 Å². The Bertz CT molecular complexity index is 1570. The van der Waals surface area contributed by atoms with Crippen LogP contribution in [0.3, 0.4) is 0 Å². The maximum absolute atomic E-state index is 12.9. The molecular formula is C34H33BrN2O. The highest BCUT2D eigenvalue weighted by atomic mass is 79.9. The standard InChI is InChI=1S/C34H33BrN2O/c1-23(25-13-16-29(35)17-14-25)36-33(38)28-15-18-32-27(21-28)19-20-37(32)22-24-9-11-26(12-10-24)30-7-5-6-8-31(30)34(2,3)4/h5-21,23H,22H2,1-4H3,(H,36,38)/t23-/m0/s1.